The van der Waals surface area contributed by atoms with Crippen molar-refractivity contribution in [3.8, 4) is 5.75 Å². The number of anilines is 1. The van der Waals surface area contributed by atoms with Gasteiger partial charge in [-0.1, -0.05) is 31.9 Å². The maximum atomic E-state index is 13.3. The number of nitrogens with zero attached hydrogens (tertiary/aromatic N) is 1. The zero-order chi connectivity index (χ0) is 24.7. The van der Waals surface area contributed by atoms with Crippen LogP contribution < -0.4 is 14.8 Å². The van der Waals surface area contributed by atoms with Gasteiger partial charge in [0.15, 0.2) is 0 Å². The second-order valence-corrected chi connectivity index (χ2v) is 10.2. The Labute approximate surface area is 201 Å². The third kappa shape index (κ3) is 6.08. The number of amides is 2. The van der Waals surface area contributed by atoms with E-state index in [9.17, 15) is 18.0 Å². The summed E-state index contributed by atoms with van der Waals surface area (Å²) in [6, 6.07) is 10.6. The second-order valence-electron chi connectivity index (χ2n) is 8.50. The van der Waals surface area contributed by atoms with E-state index in [0.717, 1.165) is 32.1 Å². The van der Waals surface area contributed by atoms with Crippen LogP contribution in [-0.2, 0) is 10.0 Å². The Kier molecular flexibility index (Phi) is 8.55. The van der Waals surface area contributed by atoms with Crippen LogP contribution in [0.1, 0.15) is 66.7 Å². The van der Waals surface area contributed by atoms with Gasteiger partial charge in [-0.05, 0) is 56.5 Å². The first-order valence-corrected chi connectivity index (χ1v) is 13.1. The van der Waals surface area contributed by atoms with Crippen molar-refractivity contribution < 1.29 is 22.7 Å². The summed E-state index contributed by atoms with van der Waals surface area (Å²) >= 11 is 0. The molecule has 2 amide bonds. The second kappa shape index (κ2) is 11.4. The molecule has 3 rings (SSSR count). The summed E-state index contributed by atoms with van der Waals surface area (Å²) in [7, 11) is -2.63. The molecule has 1 fully saturated rings. The molecular formula is C25H33N3O5S. The lowest BCUT2D eigenvalue weighted by Crippen LogP contribution is -2.33. The largest absolute Gasteiger partial charge is 0.496 e. The highest BCUT2D eigenvalue weighted by atomic mass is 32.2. The van der Waals surface area contributed by atoms with E-state index in [0.29, 0.717) is 18.8 Å². The van der Waals surface area contributed by atoms with Crippen molar-refractivity contribution in [1.29, 1.82) is 0 Å². The summed E-state index contributed by atoms with van der Waals surface area (Å²) in [5.41, 5.74) is 0.593. The molecular weight excluding hydrogens is 454 g/mol. The van der Waals surface area contributed by atoms with Crippen molar-refractivity contribution >= 4 is 27.5 Å². The summed E-state index contributed by atoms with van der Waals surface area (Å²) in [5, 5.41) is 2.85. The van der Waals surface area contributed by atoms with E-state index >= 15 is 0 Å². The number of benzene rings is 2. The Balaban J connectivity index is 1.91. The molecule has 0 unspecified atom stereocenters. The Hall–Kier alpha value is -3.07. The first-order valence-electron chi connectivity index (χ1n) is 11.7. The molecule has 0 aromatic heterocycles. The Morgan fingerprint density at radius 3 is 2.35 bits per heavy atom. The molecule has 2 N–H and O–H groups in total. The Morgan fingerprint density at radius 2 is 1.71 bits per heavy atom. The van der Waals surface area contributed by atoms with E-state index < -0.39 is 10.0 Å². The van der Waals surface area contributed by atoms with Crippen molar-refractivity contribution in [1.82, 2.24) is 10.2 Å². The van der Waals surface area contributed by atoms with E-state index in [1.807, 2.05) is 13.8 Å². The molecule has 1 saturated heterocycles. The van der Waals surface area contributed by atoms with E-state index in [2.05, 4.69) is 10.0 Å². The minimum atomic E-state index is -4.08. The molecule has 2 aromatic rings. The van der Waals surface area contributed by atoms with Gasteiger partial charge < -0.3 is 15.0 Å². The lowest BCUT2D eigenvalue weighted by atomic mass is 10.1. The Morgan fingerprint density at radius 1 is 1.03 bits per heavy atom. The number of rotatable bonds is 8. The summed E-state index contributed by atoms with van der Waals surface area (Å²) in [6.07, 6.45) is 4.73. The van der Waals surface area contributed by atoms with Crippen molar-refractivity contribution in [3.05, 3.63) is 53.6 Å². The Bertz CT molecular complexity index is 1130. The number of hydrogen-bond donors (Lipinski definition) is 2. The lowest BCUT2D eigenvalue weighted by Gasteiger charge is -2.22. The fourth-order valence-corrected chi connectivity index (χ4v) is 4.95. The molecule has 1 atom stereocenters. The SMILES string of the molecule is CC[C@H](C)NC(=O)c1ccccc1NS(=O)(=O)c1ccc(OC)c(C(=O)N2CCCCCC2)c1. The molecule has 9 heteroatoms. The minimum absolute atomic E-state index is 0.0497. The van der Waals surface area contributed by atoms with Crippen LogP contribution in [0.3, 0.4) is 0 Å². The maximum Gasteiger partial charge on any atom is 0.261 e. The highest BCUT2D eigenvalue weighted by molar-refractivity contribution is 7.92. The summed E-state index contributed by atoms with van der Waals surface area (Å²) in [6.45, 7) is 5.10. The number of carbonyl (C=O) groups excluding carboxylic acids is 2. The van der Waals surface area contributed by atoms with E-state index in [1.165, 1.54) is 31.4 Å². The normalized spacial score (nSPS) is 15.2. The first-order chi connectivity index (χ1) is 16.3. The van der Waals surface area contributed by atoms with Gasteiger partial charge in [-0.3, -0.25) is 14.3 Å². The molecule has 1 heterocycles. The van der Waals surface area contributed by atoms with Gasteiger partial charge in [0, 0.05) is 19.1 Å². The molecule has 34 heavy (non-hydrogen) atoms. The van der Waals surface area contributed by atoms with Crippen molar-refractivity contribution in [2.24, 2.45) is 0 Å². The van der Waals surface area contributed by atoms with E-state index in [4.69, 9.17) is 4.74 Å². The van der Waals surface area contributed by atoms with E-state index in [1.54, 1.807) is 23.1 Å². The summed E-state index contributed by atoms with van der Waals surface area (Å²) < 4.78 is 34.4. The monoisotopic (exact) mass is 487 g/mol. The predicted octanol–water partition coefficient (Wildman–Crippen LogP) is 4.04. The first kappa shape index (κ1) is 25.6. The molecule has 1 aliphatic rings. The summed E-state index contributed by atoms with van der Waals surface area (Å²) in [4.78, 5) is 27.6. The van der Waals surface area contributed by atoms with Gasteiger partial charge in [0.05, 0.1) is 28.8 Å². The fourth-order valence-electron chi connectivity index (χ4n) is 3.84. The molecule has 0 saturated carbocycles. The third-order valence-electron chi connectivity index (χ3n) is 6.01. The number of likely N-dealkylation sites (tertiary alicyclic amines) is 1. The molecule has 1 aliphatic heterocycles. The zero-order valence-corrected chi connectivity index (χ0v) is 20.8. The van der Waals surface area contributed by atoms with Crippen LogP contribution in [0.5, 0.6) is 5.75 Å². The molecule has 0 bridgehead atoms. The van der Waals surface area contributed by atoms with Gasteiger partial charge >= 0.3 is 0 Å². The molecule has 184 valence electrons. The van der Waals surface area contributed by atoms with Gasteiger partial charge in [0.1, 0.15) is 5.75 Å². The number of nitrogens with one attached hydrogen (secondary N) is 2. The van der Waals surface area contributed by atoms with Crippen molar-refractivity contribution in [3.63, 3.8) is 0 Å². The number of carbonyl (C=O) groups is 2. The van der Waals surface area contributed by atoms with Gasteiger partial charge in [-0.15, -0.1) is 0 Å². The number of ether oxygens (including phenoxy) is 1. The van der Waals surface area contributed by atoms with Gasteiger partial charge in [-0.2, -0.15) is 0 Å². The van der Waals surface area contributed by atoms with Crippen LogP contribution in [-0.4, -0.2) is 51.4 Å². The minimum Gasteiger partial charge on any atom is -0.496 e. The molecule has 0 spiro atoms. The van der Waals surface area contributed by atoms with Crippen LogP contribution in [0.15, 0.2) is 47.4 Å². The standard InChI is InChI=1S/C25H33N3O5S/c1-4-18(2)26-24(29)20-11-7-8-12-22(20)27-34(31,32)19-13-14-23(33-3)21(17-19)25(30)28-15-9-5-6-10-16-28/h7-8,11-14,17-18,27H,4-6,9-10,15-16H2,1-3H3,(H,26,29)/t18-/m0/s1. The van der Waals surface area contributed by atoms with Gasteiger partial charge in [0.25, 0.3) is 21.8 Å². The maximum absolute atomic E-state index is 13.3. The van der Waals surface area contributed by atoms with Gasteiger partial charge in [-0.25, -0.2) is 8.42 Å². The smallest absolute Gasteiger partial charge is 0.261 e. The third-order valence-corrected chi connectivity index (χ3v) is 7.37. The average Bonchev–Trinajstić information content (AvgIpc) is 3.12. The lowest BCUT2D eigenvalue weighted by molar-refractivity contribution is 0.0757. The molecule has 2 aromatic carbocycles. The zero-order valence-electron chi connectivity index (χ0n) is 20.0. The van der Waals surface area contributed by atoms with Crippen LogP contribution >= 0.6 is 0 Å². The highest BCUT2D eigenvalue weighted by Crippen LogP contribution is 2.27. The van der Waals surface area contributed by atoms with Crippen molar-refractivity contribution in [2.75, 3.05) is 24.9 Å². The number of hydrogen-bond acceptors (Lipinski definition) is 5. The molecule has 0 radical (unpaired) electrons. The topological polar surface area (TPSA) is 105 Å². The number of methoxy groups -OCH3 is 1. The van der Waals surface area contributed by atoms with Crippen LogP contribution in [0.4, 0.5) is 5.69 Å². The van der Waals surface area contributed by atoms with E-state index in [-0.39, 0.29) is 39.6 Å². The molecule has 8 nitrogen and oxygen atoms in total. The highest BCUT2D eigenvalue weighted by Gasteiger charge is 2.25. The average molecular weight is 488 g/mol. The predicted molar refractivity (Wildman–Crippen MR) is 132 cm³/mol. The van der Waals surface area contributed by atoms with Crippen LogP contribution in [0.2, 0.25) is 0 Å². The van der Waals surface area contributed by atoms with Crippen LogP contribution in [0.25, 0.3) is 0 Å². The summed E-state index contributed by atoms with van der Waals surface area (Å²) in [5.74, 6) is -0.287. The van der Waals surface area contributed by atoms with Crippen molar-refractivity contribution in [2.45, 2.75) is 56.9 Å². The fraction of sp³-hybridized carbons (Fsp3) is 0.440. The quantitative estimate of drug-likeness (QED) is 0.585. The molecule has 0 aliphatic carbocycles. The number of sulfonamides is 1. The van der Waals surface area contributed by atoms with Gasteiger partial charge in [0.2, 0.25) is 0 Å². The number of para-hydroxylation sites is 1. The van der Waals surface area contributed by atoms with Crippen LogP contribution in [0, 0.1) is 0 Å².